The molecule has 0 aromatic heterocycles. The number of hydrogen-bond acceptors (Lipinski definition) is 2. The highest BCUT2D eigenvalue weighted by molar-refractivity contribution is 9.10. The summed E-state index contributed by atoms with van der Waals surface area (Å²) in [5.41, 5.74) is 0.215. The van der Waals surface area contributed by atoms with Gasteiger partial charge in [-0.05, 0) is 46.8 Å². The van der Waals surface area contributed by atoms with Gasteiger partial charge in [0.2, 0.25) is 0 Å². The summed E-state index contributed by atoms with van der Waals surface area (Å²) in [5.74, 6) is -0.376. The van der Waals surface area contributed by atoms with Crippen LogP contribution >= 0.6 is 40.7 Å². The van der Waals surface area contributed by atoms with Crippen LogP contribution in [0, 0.1) is 17.6 Å². The number of benzene rings is 1. The molecule has 134 valence electrons. The first kappa shape index (κ1) is 23.1. The van der Waals surface area contributed by atoms with Crippen molar-refractivity contribution < 1.29 is 8.78 Å². The third kappa shape index (κ3) is 6.13. The zero-order chi connectivity index (χ0) is 15.4. The van der Waals surface area contributed by atoms with E-state index in [1.54, 1.807) is 0 Å². The van der Waals surface area contributed by atoms with E-state index in [4.69, 9.17) is 0 Å². The second-order valence-corrected chi connectivity index (χ2v) is 6.88. The van der Waals surface area contributed by atoms with Gasteiger partial charge >= 0.3 is 0 Å². The van der Waals surface area contributed by atoms with Crippen LogP contribution in [-0.2, 0) is 0 Å². The smallest absolute Gasteiger partial charge is 0.145 e. The molecule has 1 aliphatic rings. The molecule has 7 heteroatoms. The zero-order valence-electron chi connectivity index (χ0n) is 13.4. The van der Waals surface area contributed by atoms with Gasteiger partial charge in [-0.25, -0.2) is 8.78 Å². The van der Waals surface area contributed by atoms with Crippen molar-refractivity contribution in [2.45, 2.75) is 32.7 Å². The number of rotatable bonds is 5. The molecule has 1 fully saturated rings. The van der Waals surface area contributed by atoms with Gasteiger partial charge in [0, 0.05) is 37.8 Å². The monoisotopic (exact) mass is 432 g/mol. The van der Waals surface area contributed by atoms with E-state index in [9.17, 15) is 8.78 Å². The summed E-state index contributed by atoms with van der Waals surface area (Å²) in [6.45, 7) is 7.68. The van der Waals surface area contributed by atoms with E-state index in [1.165, 1.54) is 12.1 Å². The van der Waals surface area contributed by atoms with Crippen molar-refractivity contribution in [2.75, 3.05) is 26.2 Å². The van der Waals surface area contributed by atoms with Crippen LogP contribution in [0.4, 0.5) is 8.78 Å². The molecule has 1 atom stereocenters. The van der Waals surface area contributed by atoms with Crippen LogP contribution in [0.25, 0.3) is 0 Å². The Kier molecular flexibility index (Phi) is 10.9. The van der Waals surface area contributed by atoms with E-state index in [1.807, 2.05) is 0 Å². The molecule has 1 aromatic carbocycles. The third-order valence-electron chi connectivity index (χ3n) is 4.02. The molecular weight excluding hydrogens is 409 g/mol. The van der Waals surface area contributed by atoms with E-state index in [2.05, 4.69) is 40.0 Å². The Bertz CT molecular complexity index is 483. The van der Waals surface area contributed by atoms with Crippen LogP contribution in [-0.4, -0.2) is 31.1 Å². The summed E-state index contributed by atoms with van der Waals surface area (Å²) >= 11 is 3.18. The lowest BCUT2D eigenvalue weighted by Crippen LogP contribution is -2.45. The van der Waals surface area contributed by atoms with Gasteiger partial charge in [-0.3, -0.25) is 4.90 Å². The largest absolute Gasteiger partial charge is 0.314 e. The van der Waals surface area contributed by atoms with Crippen LogP contribution in [0.2, 0.25) is 0 Å². The molecule has 1 aromatic rings. The average Bonchev–Trinajstić information content (AvgIpc) is 2.47. The SMILES string of the molecule is CC(C)CC[C@@H](c1c(F)ccc(Br)c1F)N1CCNCC1.Cl.Cl. The van der Waals surface area contributed by atoms with Crippen molar-refractivity contribution in [3.63, 3.8) is 0 Å². The van der Waals surface area contributed by atoms with Gasteiger partial charge in [-0.15, -0.1) is 24.8 Å². The second kappa shape index (κ2) is 10.8. The fourth-order valence-corrected chi connectivity index (χ4v) is 3.19. The number of nitrogens with zero attached hydrogens (tertiary/aromatic N) is 1. The lowest BCUT2D eigenvalue weighted by molar-refractivity contribution is 0.153. The summed E-state index contributed by atoms with van der Waals surface area (Å²) < 4.78 is 29.1. The Hall–Kier alpha value is 0.0600. The summed E-state index contributed by atoms with van der Waals surface area (Å²) in [5, 5.41) is 3.29. The number of halogens is 5. The van der Waals surface area contributed by atoms with Crippen molar-refractivity contribution in [1.29, 1.82) is 0 Å². The quantitative estimate of drug-likeness (QED) is 0.660. The predicted molar refractivity (Wildman–Crippen MR) is 99.8 cm³/mol. The van der Waals surface area contributed by atoms with Crippen molar-refractivity contribution in [3.05, 3.63) is 33.8 Å². The normalized spacial score (nSPS) is 16.6. The molecule has 2 rings (SSSR count). The molecule has 1 N–H and O–H groups in total. The van der Waals surface area contributed by atoms with Gasteiger partial charge in [0.05, 0.1) is 4.47 Å². The summed E-state index contributed by atoms with van der Waals surface area (Å²) in [4.78, 5) is 2.20. The molecule has 0 bridgehead atoms. The molecule has 0 radical (unpaired) electrons. The van der Waals surface area contributed by atoms with Crippen LogP contribution < -0.4 is 5.32 Å². The fourth-order valence-electron chi connectivity index (χ4n) is 2.84. The van der Waals surface area contributed by atoms with Gasteiger partial charge in [0.25, 0.3) is 0 Å². The first-order chi connectivity index (χ1) is 10.0. The van der Waals surface area contributed by atoms with Gasteiger partial charge in [-0.2, -0.15) is 0 Å². The second-order valence-electron chi connectivity index (χ2n) is 6.03. The molecule has 0 spiro atoms. The lowest BCUT2D eigenvalue weighted by atomic mass is 9.95. The van der Waals surface area contributed by atoms with E-state index in [0.717, 1.165) is 39.0 Å². The van der Waals surface area contributed by atoms with Crippen molar-refractivity contribution >= 4 is 40.7 Å². The molecule has 1 aliphatic heterocycles. The Balaban J connectivity index is 0.00000242. The van der Waals surface area contributed by atoms with E-state index < -0.39 is 11.6 Å². The summed E-state index contributed by atoms with van der Waals surface area (Å²) in [6, 6.07) is 2.60. The molecule has 23 heavy (non-hydrogen) atoms. The van der Waals surface area contributed by atoms with Crippen LogP contribution in [0.5, 0.6) is 0 Å². The molecule has 2 nitrogen and oxygen atoms in total. The molecule has 1 saturated heterocycles. The topological polar surface area (TPSA) is 15.3 Å². The summed E-state index contributed by atoms with van der Waals surface area (Å²) in [7, 11) is 0. The molecular formula is C16H25BrCl2F2N2. The Morgan fingerprint density at radius 2 is 1.74 bits per heavy atom. The highest BCUT2D eigenvalue weighted by atomic mass is 79.9. The molecule has 0 amide bonds. The van der Waals surface area contributed by atoms with E-state index >= 15 is 0 Å². The zero-order valence-corrected chi connectivity index (χ0v) is 16.7. The molecule has 0 unspecified atom stereocenters. The first-order valence-electron chi connectivity index (χ1n) is 7.59. The van der Waals surface area contributed by atoms with Gasteiger partial charge < -0.3 is 5.32 Å². The van der Waals surface area contributed by atoms with Crippen LogP contribution in [0.15, 0.2) is 16.6 Å². The number of hydrogen-bond donors (Lipinski definition) is 1. The van der Waals surface area contributed by atoms with E-state index in [-0.39, 0.29) is 36.4 Å². The molecule has 1 heterocycles. The van der Waals surface area contributed by atoms with Crippen LogP contribution in [0.1, 0.15) is 38.3 Å². The maximum atomic E-state index is 14.5. The highest BCUT2D eigenvalue weighted by Crippen LogP contribution is 2.34. The predicted octanol–water partition coefficient (Wildman–Crippen LogP) is 4.95. The Labute approximate surface area is 158 Å². The molecule has 0 aliphatic carbocycles. The average molecular weight is 434 g/mol. The number of piperazine rings is 1. The van der Waals surface area contributed by atoms with Crippen molar-refractivity contribution in [3.8, 4) is 0 Å². The Morgan fingerprint density at radius 1 is 1.13 bits per heavy atom. The lowest BCUT2D eigenvalue weighted by Gasteiger charge is -2.36. The first-order valence-corrected chi connectivity index (χ1v) is 8.38. The summed E-state index contributed by atoms with van der Waals surface area (Å²) in [6.07, 6.45) is 1.74. The maximum Gasteiger partial charge on any atom is 0.145 e. The fraction of sp³-hybridized carbons (Fsp3) is 0.625. The maximum absolute atomic E-state index is 14.5. The third-order valence-corrected chi connectivity index (χ3v) is 4.63. The minimum atomic E-state index is -0.456. The standard InChI is InChI=1S/C16H23BrF2N2.2ClH/c1-11(2)3-6-14(21-9-7-20-8-10-21)15-13(18)5-4-12(17)16(15)19;;/h4-5,11,14,20H,3,6-10H2,1-2H3;2*1H/t14-;;/m0../s1. The minimum absolute atomic E-state index is 0. The van der Waals surface area contributed by atoms with Gasteiger partial charge in [0.1, 0.15) is 11.6 Å². The van der Waals surface area contributed by atoms with Crippen LogP contribution in [0.3, 0.4) is 0 Å². The van der Waals surface area contributed by atoms with Gasteiger partial charge in [0.15, 0.2) is 0 Å². The highest BCUT2D eigenvalue weighted by Gasteiger charge is 2.28. The Morgan fingerprint density at radius 3 is 2.30 bits per heavy atom. The van der Waals surface area contributed by atoms with Gasteiger partial charge in [-0.1, -0.05) is 13.8 Å². The minimum Gasteiger partial charge on any atom is -0.314 e. The van der Waals surface area contributed by atoms with Crippen molar-refractivity contribution in [1.82, 2.24) is 10.2 Å². The molecule has 0 saturated carbocycles. The van der Waals surface area contributed by atoms with E-state index in [0.29, 0.717) is 10.4 Å². The number of nitrogens with one attached hydrogen (secondary N) is 1. The van der Waals surface area contributed by atoms with Crippen molar-refractivity contribution in [2.24, 2.45) is 5.92 Å².